The summed E-state index contributed by atoms with van der Waals surface area (Å²) in [6, 6.07) is 12.5. The number of hydrogen-bond donors (Lipinski definition) is 1. The lowest BCUT2D eigenvalue weighted by atomic mass is 10.1. The highest BCUT2D eigenvalue weighted by Gasteiger charge is 2.08. The molecular formula is C15H10BrFN2S. The topological polar surface area (TPSA) is 38.9 Å². The summed E-state index contributed by atoms with van der Waals surface area (Å²) in [5.74, 6) is -0.277. The van der Waals surface area contributed by atoms with E-state index in [4.69, 9.17) is 5.73 Å². The molecule has 0 aliphatic carbocycles. The summed E-state index contributed by atoms with van der Waals surface area (Å²) in [5, 5.41) is 2.82. The van der Waals surface area contributed by atoms with E-state index in [0.717, 1.165) is 21.8 Å². The van der Waals surface area contributed by atoms with Crippen molar-refractivity contribution in [1.82, 2.24) is 4.98 Å². The Morgan fingerprint density at radius 1 is 1.10 bits per heavy atom. The fraction of sp³-hybridized carbons (Fsp3) is 0. The van der Waals surface area contributed by atoms with E-state index in [-0.39, 0.29) is 5.82 Å². The molecule has 0 aliphatic rings. The Bertz CT molecular complexity index is 770. The third kappa shape index (κ3) is 2.59. The van der Waals surface area contributed by atoms with Crippen LogP contribution in [0.2, 0.25) is 0 Å². The smallest absolute Gasteiger partial charge is 0.137 e. The number of aromatic nitrogens is 1. The van der Waals surface area contributed by atoms with Crippen LogP contribution in [0.4, 0.5) is 10.1 Å². The first kappa shape index (κ1) is 13.3. The summed E-state index contributed by atoms with van der Waals surface area (Å²) in [5.41, 5.74) is 9.23. The van der Waals surface area contributed by atoms with Crippen LogP contribution in [-0.4, -0.2) is 4.98 Å². The maximum Gasteiger partial charge on any atom is 0.137 e. The van der Waals surface area contributed by atoms with Crippen molar-refractivity contribution in [2.24, 2.45) is 0 Å². The van der Waals surface area contributed by atoms with E-state index in [1.807, 2.05) is 29.6 Å². The van der Waals surface area contributed by atoms with Gasteiger partial charge in [-0.05, 0) is 46.3 Å². The molecule has 0 amide bonds. The highest BCUT2D eigenvalue weighted by molar-refractivity contribution is 9.10. The molecule has 2 aromatic carbocycles. The number of anilines is 1. The lowest BCUT2D eigenvalue weighted by Crippen LogP contribution is -1.85. The fourth-order valence-corrected chi connectivity index (χ4v) is 3.07. The molecule has 1 heterocycles. The summed E-state index contributed by atoms with van der Waals surface area (Å²) in [6.45, 7) is 0. The summed E-state index contributed by atoms with van der Waals surface area (Å²) in [4.78, 5) is 4.58. The standard InChI is InChI=1S/C15H10BrFN2S/c16-12-7-10(4-5-13(12)17)15-19-14(8-20-15)9-2-1-3-11(18)6-9/h1-8H,18H2. The molecular weight excluding hydrogens is 339 g/mol. The third-order valence-electron chi connectivity index (χ3n) is 2.85. The van der Waals surface area contributed by atoms with Crippen LogP contribution in [0.15, 0.2) is 52.3 Å². The van der Waals surface area contributed by atoms with Gasteiger partial charge in [-0.1, -0.05) is 12.1 Å². The Hall–Kier alpha value is -1.72. The van der Waals surface area contributed by atoms with Gasteiger partial charge >= 0.3 is 0 Å². The minimum atomic E-state index is -0.277. The number of rotatable bonds is 2. The lowest BCUT2D eigenvalue weighted by Gasteiger charge is -2.00. The zero-order valence-electron chi connectivity index (χ0n) is 10.3. The minimum Gasteiger partial charge on any atom is -0.399 e. The average molecular weight is 349 g/mol. The normalized spacial score (nSPS) is 10.7. The predicted octanol–water partition coefficient (Wildman–Crippen LogP) is 4.96. The maximum absolute atomic E-state index is 13.3. The molecule has 0 spiro atoms. The van der Waals surface area contributed by atoms with E-state index in [0.29, 0.717) is 10.2 Å². The number of nitrogen functional groups attached to an aromatic ring is 1. The molecule has 3 rings (SSSR count). The van der Waals surface area contributed by atoms with Crippen molar-refractivity contribution in [3.05, 3.63) is 58.1 Å². The average Bonchev–Trinajstić information content (AvgIpc) is 2.92. The SMILES string of the molecule is Nc1cccc(-c2csc(-c3ccc(F)c(Br)c3)n2)c1. The number of nitrogens with two attached hydrogens (primary N) is 1. The van der Waals surface area contributed by atoms with E-state index in [1.54, 1.807) is 12.1 Å². The van der Waals surface area contributed by atoms with E-state index < -0.39 is 0 Å². The number of thiazole rings is 1. The molecule has 0 atom stereocenters. The highest BCUT2D eigenvalue weighted by Crippen LogP contribution is 2.31. The zero-order chi connectivity index (χ0) is 14.1. The molecule has 2 N–H and O–H groups in total. The van der Waals surface area contributed by atoms with Gasteiger partial charge in [-0.2, -0.15) is 0 Å². The monoisotopic (exact) mass is 348 g/mol. The molecule has 0 saturated heterocycles. The first-order valence-corrected chi connectivity index (χ1v) is 7.57. The third-order valence-corrected chi connectivity index (χ3v) is 4.35. The van der Waals surface area contributed by atoms with Crippen LogP contribution in [0.25, 0.3) is 21.8 Å². The van der Waals surface area contributed by atoms with Gasteiger partial charge in [0.15, 0.2) is 0 Å². The molecule has 0 bridgehead atoms. The van der Waals surface area contributed by atoms with Crippen LogP contribution in [-0.2, 0) is 0 Å². The molecule has 0 unspecified atom stereocenters. The second kappa shape index (κ2) is 5.34. The quantitative estimate of drug-likeness (QED) is 0.664. The summed E-state index contributed by atoms with van der Waals surface area (Å²) in [6.07, 6.45) is 0. The molecule has 20 heavy (non-hydrogen) atoms. The first-order chi connectivity index (χ1) is 9.63. The number of halogens is 2. The molecule has 100 valence electrons. The second-order valence-corrected chi connectivity index (χ2v) is 6.00. The second-order valence-electron chi connectivity index (χ2n) is 4.29. The molecule has 5 heteroatoms. The van der Waals surface area contributed by atoms with E-state index in [1.165, 1.54) is 17.4 Å². The molecule has 0 saturated carbocycles. The van der Waals surface area contributed by atoms with E-state index >= 15 is 0 Å². The van der Waals surface area contributed by atoms with Crippen molar-refractivity contribution in [3.63, 3.8) is 0 Å². The molecule has 0 radical (unpaired) electrons. The van der Waals surface area contributed by atoms with Crippen LogP contribution in [0, 0.1) is 5.82 Å². The Morgan fingerprint density at radius 2 is 1.95 bits per heavy atom. The molecule has 1 aromatic heterocycles. The van der Waals surface area contributed by atoms with Gasteiger partial charge in [0.25, 0.3) is 0 Å². The predicted molar refractivity (Wildman–Crippen MR) is 85.1 cm³/mol. The largest absolute Gasteiger partial charge is 0.399 e. The molecule has 2 nitrogen and oxygen atoms in total. The van der Waals surface area contributed by atoms with E-state index in [9.17, 15) is 4.39 Å². The minimum absolute atomic E-state index is 0.277. The van der Waals surface area contributed by atoms with Gasteiger partial charge in [-0.15, -0.1) is 11.3 Å². The van der Waals surface area contributed by atoms with Gasteiger partial charge in [0, 0.05) is 22.2 Å². The van der Waals surface area contributed by atoms with Gasteiger partial charge in [-0.3, -0.25) is 0 Å². The fourth-order valence-electron chi connectivity index (χ4n) is 1.87. The van der Waals surface area contributed by atoms with Crippen molar-refractivity contribution in [2.45, 2.75) is 0 Å². The number of hydrogen-bond acceptors (Lipinski definition) is 3. The van der Waals surface area contributed by atoms with Gasteiger partial charge in [0.1, 0.15) is 10.8 Å². The van der Waals surface area contributed by atoms with Crippen molar-refractivity contribution >= 4 is 33.0 Å². The van der Waals surface area contributed by atoms with Crippen LogP contribution in [0.3, 0.4) is 0 Å². The van der Waals surface area contributed by atoms with Gasteiger partial charge in [-0.25, -0.2) is 9.37 Å². The van der Waals surface area contributed by atoms with Gasteiger partial charge < -0.3 is 5.73 Å². The van der Waals surface area contributed by atoms with Crippen LogP contribution in [0.1, 0.15) is 0 Å². The molecule has 3 aromatic rings. The maximum atomic E-state index is 13.3. The molecule has 0 aliphatic heterocycles. The van der Waals surface area contributed by atoms with Crippen molar-refractivity contribution in [1.29, 1.82) is 0 Å². The van der Waals surface area contributed by atoms with Gasteiger partial charge in [0.05, 0.1) is 10.2 Å². The van der Waals surface area contributed by atoms with Crippen LogP contribution in [0.5, 0.6) is 0 Å². The Kier molecular flexibility index (Phi) is 3.54. The van der Waals surface area contributed by atoms with E-state index in [2.05, 4.69) is 20.9 Å². The van der Waals surface area contributed by atoms with Crippen molar-refractivity contribution in [3.8, 4) is 21.8 Å². The molecule has 0 fully saturated rings. The Balaban J connectivity index is 1.99. The van der Waals surface area contributed by atoms with Crippen LogP contribution < -0.4 is 5.73 Å². The Morgan fingerprint density at radius 3 is 2.70 bits per heavy atom. The van der Waals surface area contributed by atoms with Crippen molar-refractivity contribution < 1.29 is 4.39 Å². The first-order valence-electron chi connectivity index (χ1n) is 5.90. The van der Waals surface area contributed by atoms with Crippen molar-refractivity contribution in [2.75, 3.05) is 5.73 Å². The summed E-state index contributed by atoms with van der Waals surface area (Å²) < 4.78 is 13.7. The number of nitrogens with zero attached hydrogens (tertiary/aromatic N) is 1. The summed E-state index contributed by atoms with van der Waals surface area (Å²) in [7, 11) is 0. The van der Waals surface area contributed by atoms with Crippen LogP contribution >= 0.6 is 27.3 Å². The Labute approximate surface area is 128 Å². The summed E-state index contributed by atoms with van der Waals surface area (Å²) >= 11 is 4.71. The highest BCUT2D eigenvalue weighted by atomic mass is 79.9. The van der Waals surface area contributed by atoms with Gasteiger partial charge in [0.2, 0.25) is 0 Å². The lowest BCUT2D eigenvalue weighted by molar-refractivity contribution is 0.621. The number of benzene rings is 2. The zero-order valence-corrected chi connectivity index (χ0v) is 12.7.